The van der Waals surface area contributed by atoms with Crippen LogP contribution in [0.25, 0.3) is 0 Å². The van der Waals surface area contributed by atoms with Crippen LogP contribution in [0.5, 0.6) is 5.75 Å². The molecule has 0 aliphatic rings. The van der Waals surface area contributed by atoms with E-state index in [1.54, 1.807) is 25.2 Å². The van der Waals surface area contributed by atoms with Gasteiger partial charge in [0.1, 0.15) is 10.6 Å². The van der Waals surface area contributed by atoms with Crippen LogP contribution < -0.4 is 4.74 Å². The number of hydrogen-bond donors (Lipinski definition) is 0. The lowest BCUT2D eigenvalue weighted by molar-refractivity contribution is 0.309. The van der Waals surface area contributed by atoms with E-state index in [9.17, 15) is 8.42 Å². The highest BCUT2D eigenvalue weighted by atomic mass is 79.9. The fraction of sp³-hybridized carbons (Fsp3) is 0.538. The van der Waals surface area contributed by atoms with Gasteiger partial charge in [-0.2, -0.15) is 0 Å². The quantitative estimate of drug-likeness (QED) is 0.838. The highest BCUT2D eigenvalue weighted by Crippen LogP contribution is 2.30. The van der Waals surface area contributed by atoms with Crippen LogP contribution in [-0.2, 0) is 10.0 Å². The first-order valence-electron chi connectivity index (χ1n) is 5.88. The second-order valence-electron chi connectivity index (χ2n) is 5.62. The van der Waals surface area contributed by atoms with E-state index in [-0.39, 0.29) is 10.3 Å². The van der Waals surface area contributed by atoms with Gasteiger partial charge in [-0.25, -0.2) is 12.7 Å². The van der Waals surface area contributed by atoms with Crippen molar-refractivity contribution in [3.63, 3.8) is 0 Å². The van der Waals surface area contributed by atoms with Crippen molar-refractivity contribution in [1.82, 2.24) is 4.31 Å². The van der Waals surface area contributed by atoms with Gasteiger partial charge in [0.25, 0.3) is 0 Å². The van der Waals surface area contributed by atoms with E-state index < -0.39 is 10.0 Å². The largest absolute Gasteiger partial charge is 0.495 e. The highest BCUT2D eigenvalue weighted by molar-refractivity contribution is 9.10. The van der Waals surface area contributed by atoms with Crippen molar-refractivity contribution in [2.75, 3.05) is 20.7 Å². The van der Waals surface area contributed by atoms with Gasteiger partial charge in [0.15, 0.2) is 0 Å². The Morgan fingerprint density at radius 3 is 2.37 bits per heavy atom. The van der Waals surface area contributed by atoms with Crippen LogP contribution >= 0.6 is 15.9 Å². The van der Waals surface area contributed by atoms with Crippen LogP contribution in [0.3, 0.4) is 0 Å². The standard InChI is InChI=1S/C13H20BrNO3S/c1-13(2,3)9-15(4)19(16,17)12-8-10(14)6-7-11(12)18-5/h6-8H,9H2,1-5H3. The zero-order valence-corrected chi connectivity index (χ0v) is 14.3. The van der Waals surface area contributed by atoms with E-state index in [0.29, 0.717) is 16.8 Å². The van der Waals surface area contributed by atoms with Crippen molar-refractivity contribution < 1.29 is 13.2 Å². The van der Waals surface area contributed by atoms with Crippen LogP contribution in [0.4, 0.5) is 0 Å². The zero-order chi connectivity index (χ0) is 14.8. The monoisotopic (exact) mass is 349 g/mol. The van der Waals surface area contributed by atoms with Crippen LogP contribution in [0.1, 0.15) is 20.8 Å². The summed E-state index contributed by atoms with van der Waals surface area (Å²) in [5.74, 6) is 0.351. The van der Waals surface area contributed by atoms with Gasteiger partial charge in [0.05, 0.1) is 7.11 Å². The number of hydrogen-bond acceptors (Lipinski definition) is 3. The van der Waals surface area contributed by atoms with Crippen molar-refractivity contribution in [2.45, 2.75) is 25.7 Å². The fourth-order valence-corrected chi connectivity index (χ4v) is 3.86. The Hall–Kier alpha value is -0.590. The Bertz CT molecular complexity index is 549. The number of methoxy groups -OCH3 is 1. The molecule has 0 amide bonds. The maximum absolute atomic E-state index is 12.6. The van der Waals surface area contributed by atoms with E-state index in [2.05, 4.69) is 15.9 Å². The van der Waals surface area contributed by atoms with Crippen molar-refractivity contribution in [1.29, 1.82) is 0 Å². The number of sulfonamides is 1. The van der Waals surface area contributed by atoms with Crippen molar-refractivity contribution in [3.05, 3.63) is 22.7 Å². The minimum Gasteiger partial charge on any atom is -0.495 e. The predicted octanol–water partition coefficient (Wildman–Crippen LogP) is 3.12. The second kappa shape index (κ2) is 5.81. The predicted molar refractivity (Wildman–Crippen MR) is 80.0 cm³/mol. The Morgan fingerprint density at radius 2 is 1.89 bits per heavy atom. The molecule has 0 radical (unpaired) electrons. The molecule has 0 heterocycles. The minimum atomic E-state index is -3.56. The van der Waals surface area contributed by atoms with Crippen LogP contribution in [0.15, 0.2) is 27.6 Å². The Morgan fingerprint density at radius 1 is 1.32 bits per heavy atom. The third kappa shape index (κ3) is 4.19. The fourth-order valence-electron chi connectivity index (χ4n) is 1.77. The van der Waals surface area contributed by atoms with Gasteiger partial charge in [-0.15, -0.1) is 0 Å². The van der Waals surface area contributed by atoms with Crippen molar-refractivity contribution in [2.24, 2.45) is 5.41 Å². The van der Waals surface area contributed by atoms with Crippen LogP contribution in [0, 0.1) is 5.41 Å². The Balaban J connectivity index is 3.23. The number of benzene rings is 1. The topological polar surface area (TPSA) is 46.6 Å². The first kappa shape index (κ1) is 16.5. The molecule has 0 saturated heterocycles. The summed E-state index contributed by atoms with van der Waals surface area (Å²) in [6.07, 6.45) is 0. The lowest BCUT2D eigenvalue weighted by Gasteiger charge is -2.26. The Kier molecular flexibility index (Phi) is 5.03. The molecule has 1 rings (SSSR count). The third-order valence-electron chi connectivity index (χ3n) is 2.51. The molecule has 1 aromatic rings. The average molecular weight is 350 g/mol. The maximum Gasteiger partial charge on any atom is 0.246 e. The van der Waals surface area contributed by atoms with E-state index in [0.717, 1.165) is 0 Å². The molecular weight excluding hydrogens is 330 g/mol. The molecule has 0 aliphatic carbocycles. The van der Waals surface area contributed by atoms with E-state index in [1.807, 2.05) is 20.8 Å². The maximum atomic E-state index is 12.6. The molecule has 0 fully saturated rings. The van der Waals surface area contributed by atoms with Gasteiger partial charge >= 0.3 is 0 Å². The van der Waals surface area contributed by atoms with E-state index in [4.69, 9.17) is 4.74 Å². The first-order valence-corrected chi connectivity index (χ1v) is 8.11. The summed E-state index contributed by atoms with van der Waals surface area (Å²) in [7, 11) is -0.511. The highest BCUT2D eigenvalue weighted by Gasteiger charge is 2.28. The molecule has 108 valence electrons. The second-order valence-corrected chi connectivity index (χ2v) is 8.55. The summed E-state index contributed by atoms with van der Waals surface area (Å²) in [5.41, 5.74) is -0.110. The summed E-state index contributed by atoms with van der Waals surface area (Å²) < 4.78 is 32.3. The molecule has 0 unspecified atom stereocenters. The molecule has 0 atom stereocenters. The number of halogens is 1. The first-order chi connectivity index (χ1) is 8.58. The molecule has 0 bridgehead atoms. The van der Waals surface area contributed by atoms with Gasteiger partial charge in [-0.3, -0.25) is 0 Å². The average Bonchev–Trinajstić information content (AvgIpc) is 2.26. The van der Waals surface area contributed by atoms with Gasteiger partial charge in [0, 0.05) is 18.1 Å². The third-order valence-corrected chi connectivity index (χ3v) is 4.83. The zero-order valence-electron chi connectivity index (χ0n) is 11.9. The summed E-state index contributed by atoms with van der Waals surface area (Å²) >= 11 is 3.29. The molecule has 0 saturated carbocycles. The SMILES string of the molecule is COc1ccc(Br)cc1S(=O)(=O)N(C)CC(C)(C)C. The smallest absolute Gasteiger partial charge is 0.246 e. The molecule has 0 spiro atoms. The summed E-state index contributed by atoms with van der Waals surface area (Å²) in [6, 6.07) is 4.96. The van der Waals surface area contributed by atoms with Gasteiger partial charge < -0.3 is 4.74 Å². The molecule has 0 aromatic heterocycles. The summed E-state index contributed by atoms with van der Waals surface area (Å²) in [4.78, 5) is 0.177. The lowest BCUT2D eigenvalue weighted by atomic mass is 9.97. The van der Waals surface area contributed by atoms with E-state index >= 15 is 0 Å². The minimum absolute atomic E-state index is 0.110. The number of nitrogens with zero attached hydrogens (tertiary/aromatic N) is 1. The molecule has 19 heavy (non-hydrogen) atoms. The molecule has 0 aliphatic heterocycles. The van der Waals surface area contributed by atoms with Gasteiger partial charge in [-0.1, -0.05) is 36.7 Å². The Labute approximate surface area is 123 Å². The van der Waals surface area contributed by atoms with Crippen LogP contribution in [0.2, 0.25) is 0 Å². The van der Waals surface area contributed by atoms with Crippen molar-refractivity contribution >= 4 is 26.0 Å². The lowest BCUT2D eigenvalue weighted by Crippen LogP contribution is -2.34. The number of ether oxygens (including phenoxy) is 1. The molecular formula is C13H20BrNO3S. The molecule has 0 N–H and O–H groups in total. The molecule has 4 nitrogen and oxygen atoms in total. The van der Waals surface area contributed by atoms with Crippen LogP contribution in [-0.4, -0.2) is 33.4 Å². The van der Waals surface area contributed by atoms with Gasteiger partial charge in [0.2, 0.25) is 10.0 Å². The molecule has 1 aromatic carbocycles. The van der Waals surface area contributed by atoms with Crippen molar-refractivity contribution in [3.8, 4) is 5.75 Å². The normalized spacial score (nSPS) is 12.8. The van der Waals surface area contributed by atoms with Gasteiger partial charge in [-0.05, 0) is 23.6 Å². The summed E-state index contributed by atoms with van der Waals surface area (Å²) in [5, 5.41) is 0. The number of rotatable bonds is 4. The van der Waals surface area contributed by atoms with E-state index in [1.165, 1.54) is 11.4 Å². The summed E-state index contributed by atoms with van der Waals surface area (Å²) in [6.45, 7) is 6.43. The molecule has 6 heteroatoms.